The lowest BCUT2D eigenvalue weighted by Crippen LogP contribution is -2.38. The molecule has 0 aromatic carbocycles. The van der Waals surface area contributed by atoms with Crippen molar-refractivity contribution >= 4 is 11.9 Å². The zero-order chi connectivity index (χ0) is 13.5. The highest BCUT2D eigenvalue weighted by Crippen LogP contribution is 2.07. The average molecular weight is 255 g/mol. The van der Waals surface area contributed by atoms with E-state index in [9.17, 15) is 4.79 Å². The van der Waals surface area contributed by atoms with Gasteiger partial charge in [-0.2, -0.15) is 0 Å². The van der Waals surface area contributed by atoms with Crippen LogP contribution in [0, 0.1) is 0 Å². The van der Waals surface area contributed by atoms with Gasteiger partial charge in [0.2, 0.25) is 11.8 Å². The van der Waals surface area contributed by atoms with Gasteiger partial charge in [-0.05, 0) is 20.4 Å². The van der Waals surface area contributed by atoms with Crippen LogP contribution in [0.3, 0.4) is 0 Å². The largest absolute Gasteiger partial charge is 0.407 e. The summed E-state index contributed by atoms with van der Waals surface area (Å²) >= 11 is 0. The van der Waals surface area contributed by atoms with Gasteiger partial charge in [-0.1, -0.05) is 12.0 Å². The maximum atomic E-state index is 11.8. The molecule has 1 aromatic heterocycles. The van der Waals surface area contributed by atoms with Crippen molar-refractivity contribution in [2.24, 2.45) is 0 Å². The molecule has 1 rings (SSSR count). The number of aromatic nitrogens is 2. The highest BCUT2D eigenvalue weighted by molar-refractivity contribution is 5.83. The molecule has 0 aliphatic heterocycles. The van der Waals surface area contributed by atoms with Gasteiger partial charge in [0, 0.05) is 13.6 Å². The second kappa shape index (κ2) is 6.95. The number of amides is 1. The minimum Gasteiger partial charge on any atom is -0.407 e. The van der Waals surface area contributed by atoms with E-state index in [0.29, 0.717) is 19.0 Å². The zero-order valence-electron chi connectivity index (χ0n) is 11.4. The summed E-state index contributed by atoms with van der Waals surface area (Å²) in [5.74, 6) is 0.492. The fraction of sp³-hybridized carbons (Fsp3) is 0.727. The molecule has 1 amide bonds. The summed E-state index contributed by atoms with van der Waals surface area (Å²) in [5, 5.41) is 13.7. The lowest BCUT2D eigenvalue weighted by atomic mass is 10.3. The lowest BCUT2D eigenvalue weighted by Gasteiger charge is -2.19. The third-order valence-electron chi connectivity index (χ3n) is 2.55. The van der Waals surface area contributed by atoms with Crippen LogP contribution in [0.1, 0.15) is 26.7 Å². The Bertz CT molecular complexity index is 379. The van der Waals surface area contributed by atoms with Crippen molar-refractivity contribution in [1.29, 1.82) is 0 Å². The van der Waals surface area contributed by atoms with Crippen molar-refractivity contribution in [1.82, 2.24) is 20.4 Å². The molecule has 2 N–H and O–H groups in total. The molecule has 0 radical (unpaired) electrons. The quantitative estimate of drug-likeness (QED) is 0.736. The normalized spacial score (nSPS) is 12.2. The van der Waals surface area contributed by atoms with Crippen LogP contribution in [0.2, 0.25) is 0 Å². The average Bonchev–Trinajstić information content (AvgIpc) is 2.81. The first-order valence-corrected chi connectivity index (χ1v) is 6.13. The molecular weight excluding hydrogens is 234 g/mol. The molecule has 7 nitrogen and oxygen atoms in total. The zero-order valence-corrected chi connectivity index (χ0v) is 11.4. The molecular formula is C11H21N5O2. The van der Waals surface area contributed by atoms with Gasteiger partial charge in [-0.25, -0.2) is 0 Å². The summed E-state index contributed by atoms with van der Waals surface area (Å²) in [6, 6.07) is -0.115. The van der Waals surface area contributed by atoms with Crippen LogP contribution in [-0.2, 0) is 11.3 Å². The SMILES string of the molecule is CCNCc1nnc(NC(C)C(=O)N(C)CC)o1. The van der Waals surface area contributed by atoms with Gasteiger partial charge in [0.1, 0.15) is 6.04 Å². The van der Waals surface area contributed by atoms with Gasteiger partial charge in [-0.15, -0.1) is 5.10 Å². The van der Waals surface area contributed by atoms with E-state index >= 15 is 0 Å². The first kappa shape index (κ1) is 14.4. The van der Waals surface area contributed by atoms with E-state index in [-0.39, 0.29) is 18.0 Å². The second-order valence-corrected chi connectivity index (χ2v) is 4.00. The highest BCUT2D eigenvalue weighted by Gasteiger charge is 2.18. The minimum absolute atomic E-state index is 0.0102. The predicted octanol–water partition coefficient (Wildman–Crippen LogP) is 0.458. The number of carbonyl (C=O) groups excluding carboxylic acids is 1. The number of hydrogen-bond acceptors (Lipinski definition) is 6. The summed E-state index contributed by atoms with van der Waals surface area (Å²) < 4.78 is 5.35. The van der Waals surface area contributed by atoms with Crippen LogP contribution >= 0.6 is 0 Å². The molecule has 102 valence electrons. The van der Waals surface area contributed by atoms with Gasteiger partial charge >= 0.3 is 6.01 Å². The molecule has 1 heterocycles. The van der Waals surface area contributed by atoms with Gasteiger partial charge in [0.25, 0.3) is 0 Å². The molecule has 0 fully saturated rings. The molecule has 0 aliphatic rings. The summed E-state index contributed by atoms with van der Waals surface area (Å²) in [6.45, 7) is 7.72. The monoisotopic (exact) mass is 255 g/mol. The minimum atomic E-state index is -0.387. The lowest BCUT2D eigenvalue weighted by molar-refractivity contribution is -0.130. The number of nitrogens with one attached hydrogen (secondary N) is 2. The van der Waals surface area contributed by atoms with E-state index in [4.69, 9.17) is 4.42 Å². The third kappa shape index (κ3) is 3.99. The van der Waals surface area contributed by atoms with E-state index in [0.717, 1.165) is 6.54 Å². The molecule has 0 saturated carbocycles. The molecule has 0 aliphatic carbocycles. The Morgan fingerprint density at radius 3 is 2.78 bits per heavy atom. The van der Waals surface area contributed by atoms with E-state index in [2.05, 4.69) is 20.8 Å². The van der Waals surface area contributed by atoms with Crippen molar-refractivity contribution in [3.05, 3.63) is 5.89 Å². The van der Waals surface area contributed by atoms with Gasteiger partial charge in [-0.3, -0.25) is 4.79 Å². The standard InChI is InChI=1S/C11H21N5O2/c1-5-12-7-9-14-15-11(18-9)13-8(3)10(17)16(4)6-2/h8,12H,5-7H2,1-4H3,(H,13,15). The summed E-state index contributed by atoms with van der Waals surface area (Å²) in [7, 11) is 1.75. The number of likely N-dealkylation sites (N-methyl/N-ethyl adjacent to an activating group) is 1. The fourth-order valence-electron chi connectivity index (χ4n) is 1.35. The van der Waals surface area contributed by atoms with Crippen LogP contribution in [0.25, 0.3) is 0 Å². The Balaban J connectivity index is 2.51. The molecule has 7 heteroatoms. The third-order valence-corrected chi connectivity index (χ3v) is 2.55. The van der Waals surface area contributed by atoms with Crippen molar-refractivity contribution in [2.75, 3.05) is 25.5 Å². The van der Waals surface area contributed by atoms with Crippen molar-refractivity contribution in [3.8, 4) is 0 Å². The summed E-state index contributed by atoms with van der Waals surface area (Å²) in [5.41, 5.74) is 0. The molecule has 1 unspecified atom stereocenters. The Kier molecular flexibility index (Phi) is 5.57. The molecule has 0 spiro atoms. The fourth-order valence-corrected chi connectivity index (χ4v) is 1.35. The highest BCUT2D eigenvalue weighted by atomic mass is 16.4. The first-order chi connectivity index (χ1) is 8.58. The van der Waals surface area contributed by atoms with Crippen LogP contribution in [0.15, 0.2) is 4.42 Å². The first-order valence-electron chi connectivity index (χ1n) is 6.13. The molecule has 18 heavy (non-hydrogen) atoms. The molecule has 1 atom stereocenters. The molecule has 0 saturated heterocycles. The topological polar surface area (TPSA) is 83.3 Å². The van der Waals surface area contributed by atoms with E-state index in [1.807, 2.05) is 13.8 Å². The van der Waals surface area contributed by atoms with E-state index < -0.39 is 0 Å². The maximum absolute atomic E-state index is 11.8. The molecule has 1 aromatic rings. The van der Waals surface area contributed by atoms with Crippen molar-refractivity contribution in [2.45, 2.75) is 33.4 Å². The molecule has 0 bridgehead atoms. The van der Waals surface area contributed by atoms with Crippen molar-refractivity contribution < 1.29 is 9.21 Å². The van der Waals surface area contributed by atoms with Crippen LogP contribution in [-0.4, -0.2) is 47.2 Å². The number of carbonyl (C=O) groups is 1. The smallest absolute Gasteiger partial charge is 0.316 e. The van der Waals surface area contributed by atoms with Gasteiger partial charge in [0.15, 0.2) is 0 Å². The van der Waals surface area contributed by atoms with Crippen LogP contribution in [0.5, 0.6) is 0 Å². The Labute approximate surface area is 107 Å². The van der Waals surface area contributed by atoms with E-state index in [1.54, 1.807) is 18.9 Å². The Morgan fingerprint density at radius 2 is 2.17 bits per heavy atom. The number of anilines is 1. The van der Waals surface area contributed by atoms with Crippen LogP contribution in [0.4, 0.5) is 6.01 Å². The Hall–Kier alpha value is -1.63. The summed E-state index contributed by atoms with van der Waals surface area (Å²) in [4.78, 5) is 13.5. The maximum Gasteiger partial charge on any atom is 0.316 e. The summed E-state index contributed by atoms with van der Waals surface area (Å²) in [6.07, 6.45) is 0. The number of rotatable bonds is 7. The van der Waals surface area contributed by atoms with Gasteiger partial charge in [0.05, 0.1) is 6.54 Å². The Morgan fingerprint density at radius 1 is 1.44 bits per heavy atom. The van der Waals surface area contributed by atoms with Gasteiger partial charge < -0.3 is 20.0 Å². The predicted molar refractivity (Wildman–Crippen MR) is 68.1 cm³/mol. The van der Waals surface area contributed by atoms with Crippen LogP contribution < -0.4 is 10.6 Å². The number of nitrogens with zero attached hydrogens (tertiary/aromatic N) is 3. The number of hydrogen-bond donors (Lipinski definition) is 2. The van der Waals surface area contributed by atoms with Crippen molar-refractivity contribution in [3.63, 3.8) is 0 Å². The second-order valence-electron chi connectivity index (χ2n) is 4.00. The van der Waals surface area contributed by atoms with E-state index in [1.165, 1.54) is 0 Å².